The number of aliphatic hydroxyl groups is 2. The van der Waals surface area contributed by atoms with Gasteiger partial charge in [-0.1, -0.05) is 6.07 Å². The van der Waals surface area contributed by atoms with Crippen molar-refractivity contribution in [3.63, 3.8) is 0 Å². The van der Waals surface area contributed by atoms with E-state index in [0.29, 0.717) is 12.2 Å². The summed E-state index contributed by atoms with van der Waals surface area (Å²) in [4.78, 5) is 1.73. The van der Waals surface area contributed by atoms with Gasteiger partial charge in [0.1, 0.15) is 5.82 Å². The van der Waals surface area contributed by atoms with E-state index < -0.39 is 18.0 Å². The van der Waals surface area contributed by atoms with Crippen LogP contribution in [0.15, 0.2) is 18.2 Å². The average molecular weight is 227 g/mol. The largest absolute Gasteiger partial charge is 0.392 e. The summed E-state index contributed by atoms with van der Waals surface area (Å²) in [5.74, 6) is -0.426. The zero-order valence-corrected chi connectivity index (χ0v) is 9.81. The highest BCUT2D eigenvalue weighted by atomic mass is 19.1. The van der Waals surface area contributed by atoms with E-state index in [1.807, 2.05) is 0 Å². The Bertz CT molecular complexity index is 353. The Balaban J connectivity index is 3.07. The molecule has 0 radical (unpaired) electrons. The summed E-state index contributed by atoms with van der Waals surface area (Å²) in [5.41, 5.74) is 0.876. The minimum absolute atomic E-state index is 0.269. The lowest BCUT2D eigenvalue weighted by atomic mass is 10.1. The first-order chi connectivity index (χ1) is 7.43. The molecule has 0 spiro atoms. The molecule has 4 heteroatoms. The molecule has 0 aliphatic carbocycles. The number of benzene rings is 1. The van der Waals surface area contributed by atoms with Gasteiger partial charge in [-0.2, -0.15) is 0 Å². The fourth-order valence-electron chi connectivity index (χ4n) is 1.77. The van der Waals surface area contributed by atoms with Crippen molar-refractivity contribution in [2.24, 2.45) is 0 Å². The fraction of sp³-hybridized carbons (Fsp3) is 0.500. The lowest BCUT2D eigenvalue weighted by Crippen LogP contribution is -2.28. The first-order valence-electron chi connectivity index (χ1n) is 5.29. The average Bonchev–Trinajstić information content (AvgIpc) is 2.15. The molecular weight excluding hydrogens is 209 g/mol. The number of likely N-dealkylation sites (N-methyl/N-ethyl adjacent to an activating group) is 1. The standard InChI is InChI=1S/C12H18FNO2/c1-8(15)7-14(3)11-6-4-5-10(13)12(11)9(2)16/h4-6,8-9,15-16H,7H2,1-3H3. The number of hydrogen-bond donors (Lipinski definition) is 2. The van der Waals surface area contributed by atoms with Gasteiger partial charge >= 0.3 is 0 Å². The van der Waals surface area contributed by atoms with Crippen molar-refractivity contribution in [3.8, 4) is 0 Å². The van der Waals surface area contributed by atoms with Crippen LogP contribution in [-0.4, -0.2) is 29.9 Å². The second kappa shape index (κ2) is 5.27. The van der Waals surface area contributed by atoms with Crippen molar-refractivity contribution in [2.75, 3.05) is 18.5 Å². The molecule has 0 aliphatic heterocycles. The van der Waals surface area contributed by atoms with Crippen molar-refractivity contribution >= 4 is 5.69 Å². The predicted molar refractivity (Wildman–Crippen MR) is 62.0 cm³/mol. The minimum atomic E-state index is -0.868. The van der Waals surface area contributed by atoms with Crippen LogP contribution in [0.5, 0.6) is 0 Å². The van der Waals surface area contributed by atoms with E-state index in [0.717, 1.165) is 0 Å². The molecule has 0 aliphatic rings. The summed E-state index contributed by atoms with van der Waals surface area (Å²) in [6, 6.07) is 4.64. The van der Waals surface area contributed by atoms with Gasteiger partial charge in [-0.05, 0) is 26.0 Å². The molecule has 0 saturated carbocycles. The Labute approximate surface area is 95.1 Å². The fourth-order valence-corrected chi connectivity index (χ4v) is 1.77. The number of anilines is 1. The molecule has 2 atom stereocenters. The van der Waals surface area contributed by atoms with E-state index >= 15 is 0 Å². The van der Waals surface area contributed by atoms with E-state index in [1.165, 1.54) is 13.0 Å². The number of halogens is 1. The molecule has 0 amide bonds. The molecule has 0 aromatic heterocycles. The lowest BCUT2D eigenvalue weighted by Gasteiger charge is -2.25. The summed E-state index contributed by atoms with van der Waals surface area (Å²) >= 11 is 0. The topological polar surface area (TPSA) is 43.7 Å². The number of rotatable bonds is 4. The molecule has 90 valence electrons. The van der Waals surface area contributed by atoms with Crippen molar-refractivity contribution in [3.05, 3.63) is 29.6 Å². The zero-order valence-electron chi connectivity index (χ0n) is 9.81. The van der Waals surface area contributed by atoms with Crippen LogP contribution in [-0.2, 0) is 0 Å². The third kappa shape index (κ3) is 2.93. The maximum Gasteiger partial charge on any atom is 0.131 e. The second-order valence-corrected chi connectivity index (χ2v) is 4.08. The van der Waals surface area contributed by atoms with Crippen LogP contribution in [0.3, 0.4) is 0 Å². The van der Waals surface area contributed by atoms with Gasteiger partial charge in [-0.15, -0.1) is 0 Å². The van der Waals surface area contributed by atoms with Crippen LogP contribution >= 0.6 is 0 Å². The quantitative estimate of drug-likeness (QED) is 0.822. The molecule has 0 saturated heterocycles. The van der Waals surface area contributed by atoms with Crippen LogP contribution in [0.1, 0.15) is 25.5 Å². The Hall–Kier alpha value is -1.13. The third-order valence-corrected chi connectivity index (χ3v) is 2.40. The van der Waals surface area contributed by atoms with Crippen LogP contribution in [0.4, 0.5) is 10.1 Å². The van der Waals surface area contributed by atoms with Crippen molar-refractivity contribution in [2.45, 2.75) is 26.1 Å². The third-order valence-electron chi connectivity index (χ3n) is 2.40. The smallest absolute Gasteiger partial charge is 0.131 e. The van der Waals surface area contributed by atoms with Gasteiger partial charge in [-0.25, -0.2) is 4.39 Å². The predicted octanol–water partition coefficient (Wildman–Crippen LogP) is 1.70. The van der Waals surface area contributed by atoms with Crippen molar-refractivity contribution in [1.82, 2.24) is 0 Å². The van der Waals surface area contributed by atoms with Gasteiger partial charge in [0.2, 0.25) is 0 Å². The van der Waals surface area contributed by atoms with E-state index in [-0.39, 0.29) is 5.56 Å². The van der Waals surface area contributed by atoms with Gasteiger partial charge in [-0.3, -0.25) is 0 Å². The number of hydrogen-bond acceptors (Lipinski definition) is 3. The van der Waals surface area contributed by atoms with Gasteiger partial charge in [0.05, 0.1) is 12.2 Å². The van der Waals surface area contributed by atoms with E-state index in [1.54, 1.807) is 31.0 Å². The summed E-state index contributed by atoms with van der Waals surface area (Å²) in [7, 11) is 1.76. The van der Waals surface area contributed by atoms with Crippen molar-refractivity contribution in [1.29, 1.82) is 0 Å². The SMILES string of the molecule is CC(O)CN(C)c1cccc(F)c1C(C)O. The number of aliphatic hydroxyl groups excluding tert-OH is 2. The zero-order chi connectivity index (χ0) is 12.3. The highest BCUT2D eigenvalue weighted by molar-refractivity contribution is 5.54. The van der Waals surface area contributed by atoms with Gasteiger partial charge in [0.25, 0.3) is 0 Å². The molecule has 16 heavy (non-hydrogen) atoms. The Morgan fingerprint density at radius 1 is 1.31 bits per heavy atom. The molecule has 1 rings (SSSR count). The highest BCUT2D eigenvalue weighted by Gasteiger charge is 2.16. The van der Waals surface area contributed by atoms with Gasteiger partial charge in [0, 0.05) is 24.8 Å². The van der Waals surface area contributed by atoms with Crippen LogP contribution in [0.2, 0.25) is 0 Å². The monoisotopic (exact) mass is 227 g/mol. The van der Waals surface area contributed by atoms with E-state index in [4.69, 9.17) is 0 Å². The Morgan fingerprint density at radius 3 is 2.44 bits per heavy atom. The van der Waals surface area contributed by atoms with Gasteiger partial charge in [0.15, 0.2) is 0 Å². The first kappa shape index (κ1) is 12.9. The Kier molecular flexibility index (Phi) is 4.26. The highest BCUT2D eigenvalue weighted by Crippen LogP contribution is 2.28. The summed E-state index contributed by atoms with van der Waals surface area (Å²) in [5, 5.41) is 18.8. The summed E-state index contributed by atoms with van der Waals surface area (Å²) in [6.07, 6.45) is -1.37. The van der Waals surface area contributed by atoms with E-state index in [9.17, 15) is 14.6 Å². The maximum absolute atomic E-state index is 13.5. The van der Waals surface area contributed by atoms with E-state index in [2.05, 4.69) is 0 Å². The molecular formula is C12H18FNO2. The summed E-state index contributed by atoms with van der Waals surface area (Å²) < 4.78 is 13.5. The first-order valence-corrected chi connectivity index (χ1v) is 5.29. The second-order valence-electron chi connectivity index (χ2n) is 4.08. The normalized spacial score (nSPS) is 14.6. The molecule has 2 unspecified atom stereocenters. The molecule has 3 nitrogen and oxygen atoms in total. The van der Waals surface area contributed by atoms with Crippen LogP contribution in [0, 0.1) is 5.82 Å². The molecule has 0 heterocycles. The van der Waals surface area contributed by atoms with Crippen LogP contribution in [0.25, 0.3) is 0 Å². The maximum atomic E-state index is 13.5. The molecule has 1 aromatic carbocycles. The van der Waals surface area contributed by atoms with Crippen LogP contribution < -0.4 is 4.90 Å². The Morgan fingerprint density at radius 2 is 1.94 bits per heavy atom. The molecule has 1 aromatic rings. The molecule has 0 bridgehead atoms. The van der Waals surface area contributed by atoms with Gasteiger partial charge < -0.3 is 15.1 Å². The molecule has 0 fully saturated rings. The number of nitrogens with zero attached hydrogens (tertiary/aromatic N) is 1. The molecule has 2 N–H and O–H groups in total. The summed E-state index contributed by atoms with van der Waals surface area (Å²) in [6.45, 7) is 3.58. The lowest BCUT2D eigenvalue weighted by molar-refractivity contribution is 0.191. The minimum Gasteiger partial charge on any atom is -0.392 e. The van der Waals surface area contributed by atoms with Crippen molar-refractivity contribution < 1.29 is 14.6 Å².